The van der Waals surface area contributed by atoms with Crippen LogP contribution in [-0.4, -0.2) is 25.5 Å². The number of hydrogen-bond acceptors (Lipinski definition) is 2. The first kappa shape index (κ1) is 16.8. The van der Waals surface area contributed by atoms with Crippen molar-refractivity contribution in [2.24, 2.45) is 17.3 Å². The lowest BCUT2D eigenvalue weighted by molar-refractivity contribution is -0.132. The predicted molar refractivity (Wildman–Crippen MR) is 81.6 cm³/mol. The zero-order valence-corrected chi connectivity index (χ0v) is 13.2. The Kier molecular flexibility index (Phi) is 6.61. The van der Waals surface area contributed by atoms with Crippen molar-refractivity contribution in [1.82, 2.24) is 10.6 Å². The van der Waals surface area contributed by atoms with E-state index in [1.54, 1.807) is 0 Å². The van der Waals surface area contributed by atoms with E-state index in [9.17, 15) is 4.79 Å². The second-order valence-corrected chi connectivity index (χ2v) is 6.65. The summed E-state index contributed by atoms with van der Waals surface area (Å²) in [6.45, 7) is 7.50. The van der Waals surface area contributed by atoms with Gasteiger partial charge in [0.05, 0.1) is 0 Å². The fourth-order valence-electron chi connectivity index (χ4n) is 3.67. The summed E-state index contributed by atoms with van der Waals surface area (Å²) < 4.78 is 0. The molecule has 4 heteroatoms. The maximum absolute atomic E-state index is 12.5. The summed E-state index contributed by atoms with van der Waals surface area (Å²) in [5.74, 6) is 1.59. The second-order valence-electron chi connectivity index (χ2n) is 6.65. The molecule has 112 valence electrons. The summed E-state index contributed by atoms with van der Waals surface area (Å²) >= 11 is 0. The van der Waals surface area contributed by atoms with Gasteiger partial charge in [0.2, 0.25) is 5.91 Å². The molecule has 2 fully saturated rings. The Labute approximate surface area is 123 Å². The third-order valence-electron chi connectivity index (χ3n) is 4.55. The summed E-state index contributed by atoms with van der Waals surface area (Å²) in [4.78, 5) is 12.5. The van der Waals surface area contributed by atoms with E-state index in [0.29, 0.717) is 17.7 Å². The largest absolute Gasteiger partial charge is 0.355 e. The van der Waals surface area contributed by atoms with Crippen LogP contribution in [-0.2, 0) is 4.79 Å². The Morgan fingerprint density at radius 1 is 1.37 bits per heavy atom. The minimum absolute atomic E-state index is 0. The van der Waals surface area contributed by atoms with Gasteiger partial charge in [-0.1, -0.05) is 26.7 Å². The summed E-state index contributed by atoms with van der Waals surface area (Å²) in [5.41, 5.74) is -0.0415. The fourth-order valence-corrected chi connectivity index (χ4v) is 3.67. The molecule has 1 aliphatic carbocycles. The molecule has 1 heterocycles. The predicted octanol–water partition coefficient (Wildman–Crippen LogP) is 2.74. The summed E-state index contributed by atoms with van der Waals surface area (Å²) in [5, 5.41) is 6.59. The van der Waals surface area contributed by atoms with Crippen LogP contribution >= 0.6 is 12.4 Å². The lowest BCUT2D eigenvalue weighted by atomic mass is 9.77. The number of carbonyl (C=O) groups is 1. The third-order valence-corrected chi connectivity index (χ3v) is 4.55. The van der Waals surface area contributed by atoms with Crippen LogP contribution in [0.25, 0.3) is 0 Å². The average molecular weight is 289 g/mol. The van der Waals surface area contributed by atoms with Crippen LogP contribution in [0.15, 0.2) is 0 Å². The first-order chi connectivity index (χ1) is 8.62. The molecule has 2 aliphatic rings. The Morgan fingerprint density at radius 2 is 2.05 bits per heavy atom. The van der Waals surface area contributed by atoms with E-state index in [-0.39, 0.29) is 17.8 Å². The molecular formula is C15H29ClN2O. The van der Waals surface area contributed by atoms with Crippen molar-refractivity contribution < 1.29 is 4.79 Å². The van der Waals surface area contributed by atoms with E-state index in [4.69, 9.17) is 0 Å². The number of nitrogens with one attached hydrogen (secondary N) is 2. The zero-order valence-electron chi connectivity index (χ0n) is 12.3. The van der Waals surface area contributed by atoms with Crippen LogP contribution in [0.4, 0.5) is 0 Å². The van der Waals surface area contributed by atoms with Gasteiger partial charge in [0.1, 0.15) is 0 Å². The SMILES string of the molecule is CC(C)CC1(C(=O)NCC2CCNC2)CCCC1.Cl. The lowest BCUT2D eigenvalue weighted by Crippen LogP contribution is -2.42. The van der Waals surface area contributed by atoms with Gasteiger partial charge in [0.15, 0.2) is 0 Å². The molecule has 1 saturated carbocycles. The smallest absolute Gasteiger partial charge is 0.226 e. The highest BCUT2D eigenvalue weighted by atomic mass is 35.5. The van der Waals surface area contributed by atoms with E-state index in [0.717, 1.165) is 38.9 Å². The van der Waals surface area contributed by atoms with Crippen LogP contribution in [0.1, 0.15) is 52.4 Å². The summed E-state index contributed by atoms with van der Waals surface area (Å²) in [6.07, 6.45) is 6.91. The molecule has 19 heavy (non-hydrogen) atoms. The number of rotatable bonds is 5. The first-order valence-corrected chi connectivity index (χ1v) is 7.61. The van der Waals surface area contributed by atoms with E-state index in [1.807, 2.05) is 0 Å². The normalized spacial score (nSPS) is 25.3. The third kappa shape index (κ3) is 4.35. The maximum atomic E-state index is 12.5. The average Bonchev–Trinajstić information content (AvgIpc) is 2.96. The molecule has 1 saturated heterocycles. The minimum atomic E-state index is -0.0415. The molecule has 0 radical (unpaired) electrons. The second kappa shape index (κ2) is 7.49. The Bertz CT molecular complexity index is 282. The lowest BCUT2D eigenvalue weighted by Gasteiger charge is -2.30. The number of hydrogen-bond donors (Lipinski definition) is 2. The standard InChI is InChI=1S/C15H28N2O.ClH/c1-12(2)9-15(6-3-4-7-15)14(18)17-11-13-5-8-16-10-13;/h12-13,16H,3-11H2,1-2H3,(H,17,18);1H. The van der Waals surface area contributed by atoms with Crippen LogP contribution in [0.2, 0.25) is 0 Å². The van der Waals surface area contributed by atoms with Gasteiger partial charge in [-0.15, -0.1) is 12.4 Å². The molecule has 2 rings (SSSR count). The van der Waals surface area contributed by atoms with Crippen molar-refractivity contribution in [3.8, 4) is 0 Å². The van der Waals surface area contributed by atoms with Gasteiger partial charge in [-0.3, -0.25) is 4.79 Å². The van der Waals surface area contributed by atoms with Gasteiger partial charge < -0.3 is 10.6 Å². The molecule has 2 N–H and O–H groups in total. The Morgan fingerprint density at radius 3 is 2.58 bits per heavy atom. The van der Waals surface area contributed by atoms with Crippen molar-refractivity contribution in [1.29, 1.82) is 0 Å². The zero-order chi connectivity index (χ0) is 13.0. The van der Waals surface area contributed by atoms with Crippen molar-refractivity contribution in [2.45, 2.75) is 52.4 Å². The molecule has 0 bridgehead atoms. The highest BCUT2D eigenvalue weighted by Gasteiger charge is 2.41. The molecule has 1 aliphatic heterocycles. The highest BCUT2D eigenvalue weighted by molar-refractivity contribution is 5.85. The van der Waals surface area contributed by atoms with Gasteiger partial charge in [-0.05, 0) is 50.6 Å². The minimum Gasteiger partial charge on any atom is -0.355 e. The van der Waals surface area contributed by atoms with Crippen LogP contribution in [0.5, 0.6) is 0 Å². The summed E-state index contributed by atoms with van der Waals surface area (Å²) in [7, 11) is 0. The van der Waals surface area contributed by atoms with Gasteiger partial charge in [0.25, 0.3) is 0 Å². The quantitative estimate of drug-likeness (QED) is 0.817. The van der Waals surface area contributed by atoms with Crippen molar-refractivity contribution >= 4 is 18.3 Å². The van der Waals surface area contributed by atoms with Gasteiger partial charge in [-0.25, -0.2) is 0 Å². The van der Waals surface area contributed by atoms with Crippen LogP contribution in [0, 0.1) is 17.3 Å². The van der Waals surface area contributed by atoms with E-state index in [1.165, 1.54) is 19.3 Å². The maximum Gasteiger partial charge on any atom is 0.226 e. The van der Waals surface area contributed by atoms with E-state index < -0.39 is 0 Å². The van der Waals surface area contributed by atoms with Gasteiger partial charge >= 0.3 is 0 Å². The molecule has 0 aromatic rings. The molecule has 0 aromatic carbocycles. The highest BCUT2D eigenvalue weighted by Crippen LogP contribution is 2.43. The topological polar surface area (TPSA) is 41.1 Å². The molecule has 0 spiro atoms. The van der Waals surface area contributed by atoms with Gasteiger partial charge in [0, 0.05) is 12.0 Å². The number of carbonyl (C=O) groups excluding carboxylic acids is 1. The fraction of sp³-hybridized carbons (Fsp3) is 0.933. The molecule has 1 unspecified atom stereocenters. The van der Waals surface area contributed by atoms with E-state index in [2.05, 4.69) is 24.5 Å². The van der Waals surface area contributed by atoms with Crippen molar-refractivity contribution in [3.63, 3.8) is 0 Å². The Hall–Kier alpha value is -0.280. The van der Waals surface area contributed by atoms with Crippen molar-refractivity contribution in [3.05, 3.63) is 0 Å². The molecule has 1 atom stereocenters. The van der Waals surface area contributed by atoms with Crippen molar-refractivity contribution in [2.75, 3.05) is 19.6 Å². The van der Waals surface area contributed by atoms with Crippen LogP contribution in [0.3, 0.4) is 0 Å². The summed E-state index contributed by atoms with van der Waals surface area (Å²) in [6, 6.07) is 0. The van der Waals surface area contributed by atoms with Gasteiger partial charge in [-0.2, -0.15) is 0 Å². The van der Waals surface area contributed by atoms with E-state index >= 15 is 0 Å². The first-order valence-electron chi connectivity index (χ1n) is 7.61. The number of amides is 1. The molecular weight excluding hydrogens is 260 g/mol. The number of halogens is 1. The molecule has 3 nitrogen and oxygen atoms in total. The monoisotopic (exact) mass is 288 g/mol. The Balaban J connectivity index is 0.00000180. The van der Waals surface area contributed by atoms with Crippen LogP contribution < -0.4 is 10.6 Å². The molecule has 1 amide bonds. The molecule has 0 aromatic heterocycles.